The molecule has 26 heavy (non-hydrogen) atoms. The van der Waals surface area contributed by atoms with Gasteiger partial charge in [0.25, 0.3) is 0 Å². The number of halogens is 1. The summed E-state index contributed by atoms with van der Waals surface area (Å²) in [5, 5.41) is 9.55. The minimum Gasteiger partial charge on any atom is -0.478 e. The molecule has 1 saturated heterocycles. The second-order valence-corrected chi connectivity index (χ2v) is 8.20. The number of rotatable bonds is 6. The SMILES string of the molecule is O=C(O)c1cc(S(=O)(=O)NCc2ccco2)c(Cl)cc1N1CCCCC1. The molecular weight excluding hydrogens is 380 g/mol. The fourth-order valence-corrected chi connectivity index (χ4v) is 4.51. The number of carboxylic acid groups (broad SMARTS) is 1. The number of nitrogens with zero attached hydrogens (tertiary/aromatic N) is 1. The van der Waals surface area contributed by atoms with Crippen LogP contribution in [0.4, 0.5) is 5.69 Å². The predicted octanol–water partition coefficient (Wildman–Crippen LogP) is 3.10. The number of hydrogen-bond donors (Lipinski definition) is 2. The lowest BCUT2D eigenvalue weighted by atomic mass is 10.1. The normalized spacial score (nSPS) is 15.2. The van der Waals surface area contributed by atoms with Gasteiger partial charge in [0.15, 0.2) is 0 Å². The molecule has 0 spiro atoms. The molecule has 7 nitrogen and oxygen atoms in total. The van der Waals surface area contributed by atoms with E-state index < -0.39 is 16.0 Å². The Morgan fingerprint density at radius 3 is 2.62 bits per heavy atom. The summed E-state index contributed by atoms with van der Waals surface area (Å²) >= 11 is 6.21. The molecule has 2 N–H and O–H groups in total. The molecule has 2 heterocycles. The highest BCUT2D eigenvalue weighted by molar-refractivity contribution is 7.89. The van der Waals surface area contributed by atoms with Crippen LogP contribution >= 0.6 is 11.6 Å². The van der Waals surface area contributed by atoms with E-state index in [1.54, 1.807) is 12.1 Å². The lowest BCUT2D eigenvalue weighted by Crippen LogP contribution is -2.31. The zero-order chi connectivity index (χ0) is 18.7. The molecule has 0 bridgehead atoms. The third-order valence-electron chi connectivity index (χ3n) is 4.28. The van der Waals surface area contributed by atoms with E-state index in [-0.39, 0.29) is 22.0 Å². The summed E-state index contributed by atoms with van der Waals surface area (Å²) < 4.78 is 32.6. The smallest absolute Gasteiger partial charge is 0.337 e. The van der Waals surface area contributed by atoms with Gasteiger partial charge in [-0.3, -0.25) is 0 Å². The molecule has 0 radical (unpaired) electrons. The van der Waals surface area contributed by atoms with Crippen molar-refractivity contribution in [1.82, 2.24) is 4.72 Å². The van der Waals surface area contributed by atoms with Gasteiger partial charge in [0.2, 0.25) is 10.0 Å². The summed E-state index contributed by atoms with van der Waals surface area (Å²) in [5.41, 5.74) is 0.377. The average Bonchev–Trinajstić information content (AvgIpc) is 3.14. The lowest BCUT2D eigenvalue weighted by molar-refractivity contribution is 0.0697. The van der Waals surface area contributed by atoms with Crippen molar-refractivity contribution in [2.75, 3.05) is 18.0 Å². The Morgan fingerprint density at radius 2 is 2.00 bits per heavy atom. The van der Waals surface area contributed by atoms with Crippen LogP contribution in [0.25, 0.3) is 0 Å². The van der Waals surface area contributed by atoms with Crippen LogP contribution < -0.4 is 9.62 Å². The van der Waals surface area contributed by atoms with Gasteiger partial charge < -0.3 is 14.4 Å². The van der Waals surface area contributed by atoms with Gasteiger partial charge in [-0.2, -0.15) is 0 Å². The highest BCUT2D eigenvalue weighted by Crippen LogP contribution is 2.32. The number of aromatic carboxylic acids is 1. The molecular formula is C17H19ClN2O5S. The van der Waals surface area contributed by atoms with Gasteiger partial charge in [-0.25, -0.2) is 17.9 Å². The number of anilines is 1. The summed E-state index contributed by atoms with van der Waals surface area (Å²) in [6.45, 7) is 1.39. The van der Waals surface area contributed by atoms with Crippen LogP contribution in [0.5, 0.6) is 0 Å². The standard InChI is InChI=1S/C17H19ClN2O5S/c18-14-10-15(20-6-2-1-3-7-20)13(17(21)22)9-16(14)26(23,24)19-11-12-5-4-8-25-12/h4-5,8-10,19H,1-3,6-7,11H2,(H,21,22). The molecule has 1 fully saturated rings. The van der Waals surface area contributed by atoms with E-state index in [9.17, 15) is 18.3 Å². The van der Waals surface area contributed by atoms with Gasteiger partial charge in [0, 0.05) is 13.1 Å². The Hall–Kier alpha value is -2.03. The van der Waals surface area contributed by atoms with Crippen LogP contribution in [0.15, 0.2) is 39.8 Å². The van der Waals surface area contributed by atoms with Crippen LogP contribution in [0, 0.1) is 0 Å². The quantitative estimate of drug-likeness (QED) is 0.775. The topological polar surface area (TPSA) is 99.8 Å². The predicted molar refractivity (Wildman–Crippen MR) is 97.2 cm³/mol. The number of piperidine rings is 1. The van der Waals surface area contributed by atoms with Gasteiger partial charge in [0.05, 0.1) is 29.1 Å². The van der Waals surface area contributed by atoms with E-state index in [1.807, 2.05) is 4.90 Å². The summed E-state index contributed by atoms with van der Waals surface area (Å²) in [7, 11) is -3.99. The van der Waals surface area contributed by atoms with Crippen LogP contribution in [-0.2, 0) is 16.6 Å². The Kier molecular flexibility index (Phi) is 5.55. The molecule has 2 aromatic rings. The Bertz CT molecular complexity index is 890. The van der Waals surface area contributed by atoms with E-state index in [4.69, 9.17) is 16.0 Å². The molecule has 0 saturated carbocycles. The van der Waals surface area contributed by atoms with Crippen molar-refractivity contribution >= 4 is 33.3 Å². The highest BCUT2D eigenvalue weighted by Gasteiger charge is 2.25. The number of sulfonamides is 1. The number of benzene rings is 1. The van der Waals surface area contributed by atoms with Crippen LogP contribution in [0.2, 0.25) is 5.02 Å². The van der Waals surface area contributed by atoms with E-state index in [2.05, 4.69) is 4.72 Å². The molecule has 0 aliphatic carbocycles. The maximum atomic E-state index is 12.6. The number of nitrogens with one attached hydrogen (secondary N) is 1. The Balaban J connectivity index is 1.94. The van der Waals surface area contributed by atoms with Crippen molar-refractivity contribution < 1.29 is 22.7 Å². The molecule has 1 aromatic heterocycles. The largest absolute Gasteiger partial charge is 0.478 e. The first-order valence-corrected chi connectivity index (χ1v) is 10.1. The zero-order valence-corrected chi connectivity index (χ0v) is 15.5. The number of hydrogen-bond acceptors (Lipinski definition) is 5. The minimum atomic E-state index is -3.99. The lowest BCUT2D eigenvalue weighted by Gasteiger charge is -2.30. The monoisotopic (exact) mass is 398 g/mol. The van der Waals surface area contributed by atoms with Gasteiger partial charge >= 0.3 is 5.97 Å². The molecule has 0 atom stereocenters. The Labute approximate surface area is 156 Å². The van der Waals surface area contributed by atoms with E-state index in [0.29, 0.717) is 11.4 Å². The first-order valence-electron chi connectivity index (χ1n) is 8.22. The molecule has 0 unspecified atom stereocenters. The molecule has 3 rings (SSSR count). The van der Waals surface area contributed by atoms with Crippen molar-refractivity contribution in [3.8, 4) is 0 Å². The molecule has 1 aliphatic heterocycles. The first-order chi connectivity index (χ1) is 12.4. The van der Waals surface area contributed by atoms with Crippen molar-refractivity contribution in [2.45, 2.75) is 30.7 Å². The van der Waals surface area contributed by atoms with Gasteiger partial charge in [-0.05, 0) is 43.5 Å². The van der Waals surface area contributed by atoms with Crippen LogP contribution in [0.3, 0.4) is 0 Å². The maximum Gasteiger partial charge on any atom is 0.337 e. The van der Waals surface area contributed by atoms with Gasteiger partial charge in [0.1, 0.15) is 10.7 Å². The van der Waals surface area contributed by atoms with E-state index >= 15 is 0 Å². The number of carbonyl (C=O) groups is 1. The summed E-state index contributed by atoms with van der Waals surface area (Å²) in [6, 6.07) is 5.83. The van der Waals surface area contributed by atoms with Gasteiger partial charge in [-0.1, -0.05) is 11.6 Å². The number of carboxylic acids is 1. The summed E-state index contributed by atoms with van der Waals surface area (Å²) in [6.07, 6.45) is 4.45. The summed E-state index contributed by atoms with van der Waals surface area (Å²) in [5.74, 6) is -0.752. The molecule has 140 valence electrons. The molecule has 1 aromatic carbocycles. The van der Waals surface area contributed by atoms with Crippen LogP contribution in [0.1, 0.15) is 35.4 Å². The average molecular weight is 399 g/mol. The third-order valence-corrected chi connectivity index (χ3v) is 6.15. The molecule has 9 heteroatoms. The first kappa shape index (κ1) is 18.8. The molecule has 1 aliphatic rings. The van der Waals surface area contributed by atoms with E-state index in [1.165, 1.54) is 12.3 Å². The van der Waals surface area contributed by atoms with Crippen molar-refractivity contribution in [2.24, 2.45) is 0 Å². The van der Waals surface area contributed by atoms with Crippen LogP contribution in [-0.4, -0.2) is 32.6 Å². The van der Waals surface area contributed by atoms with Crippen molar-refractivity contribution in [3.63, 3.8) is 0 Å². The maximum absolute atomic E-state index is 12.6. The fraction of sp³-hybridized carbons (Fsp3) is 0.353. The van der Waals surface area contributed by atoms with E-state index in [0.717, 1.165) is 38.4 Å². The van der Waals surface area contributed by atoms with Gasteiger partial charge in [-0.15, -0.1) is 0 Å². The van der Waals surface area contributed by atoms with Crippen molar-refractivity contribution in [3.05, 3.63) is 46.9 Å². The summed E-state index contributed by atoms with van der Waals surface area (Å²) in [4.78, 5) is 13.4. The minimum absolute atomic E-state index is 0.0116. The van der Waals surface area contributed by atoms with Crippen molar-refractivity contribution in [1.29, 1.82) is 0 Å². The second kappa shape index (κ2) is 7.69. The zero-order valence-electron chi connectivity index (χ0n) is 13.9. The number of furan rings is 1. The fourth-order valence-electron chi connectivity index (χ4n) is 2.97. The second-order valence-electron chi connectivity index (χ2n) is 6.06. The third kappa shape index (κ3) is 4.03. The highest BCUT2D eigenvalue weighted by atomic mass is 35.5. The Morgan fingerprint density at radius 1 is 1.27 bits per heavy atom. The molecule has 0 amide bonds.